The minimum absolute atomic E-state index is 0.223. The maximum Gasteiger partial charge on any atom is 0.339 e. The van der Waals surface area contributed by atoms with Gasteiger partial charge in [0.25, 0.3) is 0 Å². The number of phenolic OH excluding ortho intramolecular Hbond substituents is 1. The molecule has 2 aromatic carbocycles. The Morgan fingerprint density at radius 1 is 1.11 bits per heavy atom. The summed E-state index contributed by atoms with van der Waals surface area (Å²) in [5, 5.41) is 9.22. The van der Waals surface area contributed by atoms with Gasteiger partial charge in [0.2, 0.25) is 0 Å². The summed E-state index contributed by atoms with van der Waals surface area (Å²) in [5.41, 5.74) is 0.540. The van der Waals surface area contributed by atoms with Crippen LogP contribution in [0.1, 0.15) is 10.4 Å². The van der Waals surface area contributed by atoms with Gasteiger partial charge in [-0.2, -0.15) is 0 Å². The molecule has 0 aliphatic rings. The molecule has 0 unspecified atom stereocenters. The predicted octanol–water partition coefficient (Wildman–Crippen LogP) is 3.33. The van der Waals surface area contributed by atoms with Gasteiger partial charge in [-0.05, 0) is 36.4 Å². The molecule has 0 atom stereocenters. The van der Waals surface area contributed by atoms with E-state index in [1.807, 2.05) is 12.1 Å². The van der Waals surface area contributed by atoms with E-state index in [0.717, 1.165) is 9.79 Å². The first-order valence-corrected chi connectivity index (χ1v) is 6.16. The van der Waals surface area contributed by atoms with Crippen LogP contribution < -0.4 is 0 Å². The predicted molar refractivity (Wildman–Crippen MR) is 70.0 cm³/mol. The van der Waals surface area contributed by atoms with Crippen molar-refractivity contribution in [2.45, 2.75) is 9.79 Å². The maximum atomic E-state index is 11.6. The molecule has 92 valence electrons. The zero-order valence-electron chi connectivity index (χ0n) is 9.79. The number of hydrogen-bond acceptors (Lipinski definition) is 4. The first-order chi connectivity index (χ1) is 8.70. The quantitative estimate of drug-likeness (QED) is 0.860. The van der Waals surface area contributed by atoms with E-state index in [9.17, 15) is 9.90 Å². The Hall–Kier alpha value is -1.94. The molecule has 0 radical (unpaired) electrons. The van der Waals surface area contributed by atoms with Gasteiger partial charge in [-0.1, -0.05) is 23.9 Å². The lowest BCUT2D eigenvalue weighted by atomic mass is 10.2. The number of carbonyl (C=O) groups is 1. The summed E-state index contributed by atoms with van der Waals surface area (Å²) in [6.45, 7) is 0. The molecule has 0 fully saturated rings. The molecule has 2 rings (SSSR count). The van der Waals surface area contributed by atoms with Gasteiger partial charge in [-0.25, -0.2) is 4.79 Å². The monoisotopic (exact) mass is 260 g/mol. The van der Waals surface area contributed by atoms with Gasteiger partial charge in [-0.15, -0.1) is 0 Å². The van der Waals surface area contributed by atoms with E-state index in [-0.39, 0.29) is 11.7 Å². The van der Waals surface area contributed by atoms with Crippen molar-refractivity contribution < 1.29 is 14.6 Å². The third-order valence-electron chi connectivity index (χ3n) is 2.36. The van der Waals surface area contributed by atoms with Crippen LogP contribution >= 0.6 is 11.8 Å². The topological polar surface area (TPSA) is 46.5 Å². The number of ether oxygens (including phenoxy) is 1. The molecule has 0 heterocycles. The van der Waals surface area contributed by atoms with E-state index in [1.54, 1.807) is 36.4 Å². The molecular formula is C14H12O3S. The summed E-state index contributed by atoms with van der Waals surface area (Å²) >= 11 is 1.45. The molecule has 18 heavy (non-hydrogen) atoms. The van der Waals surface area contributed by atoms with Gasteiger partial charge in [0.05, 0.1) is 12.7 Å². The van der Waals surface area contributed by atoms with E-state index in [0.29, 0.717) is 5.56 Å². The number of rotatable bonds is 3. The smallest absolute Gasteiger partial charge is 0.339 e. The Balaban J connectivity index is 2.28. The molecule has 3 nitrogen and oxygen atoms in total. The fourth-order valence-electron chi connectivity index (χ4n) is 1.48. The molecule has 0 saturated carbocycles. The van der Waals surface area contributed by atoms with Gasteiger partial charge in [-0.3, -0.25) is 0 Å². The summed E-state index contributed by atoms with van der Waals surface area (Å²) in [4.78, 5) is 13.4. The van der Waals surface area contributed by atoms with Crippen molar-refractivity contribution in [3.63, 3.8) is 0 Å². The van der Waals surface area contributed by atoms with Gasteiger partial charge < -0.3 is 9.84 Å². The largest absolute Gasteiger partial charge is 0.508 e. The van der Waals surface area contributed by atoms with Crippen LogP contribution in [0, 0.1) is 0 Å². The second kappa shape index (κ2) is 5.60. The summed E-state index contributed by atoms with van der Waals surface area (Å²) in [5.74, 6) is -0.127. The lowest BCUT2D eigenvalue weighted by Crippen LogP contribution is -2.02. The van der Waals surface area contributed by atoms with Crippen LogP contribution in [0.15, 0.2) is 58.3 Å². The van der Waals surface area contributed by atoms with E-state index in [2.05, 4.69) is 0 Å². The zero-order valence-corrected chi connectivity index (χ0v) is 10.6. The van der Waals surface area contributed by atoms with Crippen LogP contribution in [-0.2, 0) is 4.74 Å². The second-order valence-corrected chi connectivity index (χ2v) is 4.70. The first-order valence-electron chi connectivity index (χ1n) is 5.35. The Morgan fingerprint density at radius 3 is 2.44 bits per heavy atom. The van der Waals surface area contributed by atoms with Crippen LogP contribution in [0.2, 0.25) is 0 Å². The van der Waals surface area contributed by atoms with E-state index >= 15 is 0 Å². The minimum atomic E-state index is -0.350. The van der Waals surface area contributed by atoms with Crippen LogP contribution in [-0.4, -0.2) is 18.2 Å². The number of esters is 1. The molecule has 0 saturated heterocycles. The van der Waals surface area contributed by atoms with Gasteiger partial charge in [0.15, 0.2) is 0 Å². The number of methoxy groups -OCH3 is 1. The van der Waals surface area contributed by atoms with Crippen molar-refractivity contribution in [1.82, 2.24) is 0 Å². The molecule has 0 amide bonds. The van der Waals surface area contributed by atoms with Gasteiger partial charge in [0.1, 0.15) is 5.75 Å². The average molecular weight is 260 g/mol. The standard InChI is InChI=1S/C14H12O3S/c1-17-14(16)12-4-2-3-5-13(12)18-11-8-6-10(15)7-9-11/h2-9,15H,1H3. The minimum Gasteiger partial charge on any atom is -0.508 e. The highest BCUT2D eigenvalue weighted by molar-refractivity contribution is 7.99. The highest BCUT2D eigenvalue weighted by Crippen LogP contribution is 2.31. The molecule has 0 aliphatic carbocycles. The van der Waals surface area contributed by atoms with E-state index in [1.165, 1.54) is 18.9 Å². The number of benzene rings is 2. The molecule has 2 aromatic rings. The molecule has 0 bridgehead atoms. The van der Waals surface area contributed by atoms with Crippen LogP contribution in [0.5, 0.6) is 5.75 Å². The molecule has 0 aliphatic heterocycles. The highest BCUT2D eigenvalue weighted by Gasteiger charge is 2.11. The van der Waals surface area contributed by atoms with Crippen LogP contribution in [0.25, 0.3) is 0 Å². The number of aromatic hydroxyl groups is 1. The normalized spacial score (nSPS) is 10.1. The number of carbonyl (C=O) groups excluding carboxylic acids is 1. The van der Waals surface area contributed by atoms with Gasteiger partial charge >= 0.3 is 5.97 Å². The highest BCUT2D eigenvalue weighted by atomic mass is 32.2. The Morgan fingerprint density at radius 2 is 1.78 bits per heavy atom. The molecule has 4 heteroatoms. The first kappa shape index (κ1) is 12.5. The number of phenols is 1. The third-order valence-corrected chi connectivity index (χ3v) is 3.44. The third kappa shape index (κ3) is 2.84. The summed E-state index contributed by atoms with van der Waals surface area (Å²) in [7, 11) is 1.37. The van der Waals surface area contributed by atoms with Crippen molar-refractivity contribution in [2.24, 2.45) is 0 Å². The average Bonchev–Trinajstić information content (AvgIpc) is 2.41. The molecular weight excluding hydrogens is 248 g/mol. The maximum absolute atomic E-state index is 11.6. The Labute approximate surface area is 109 Å². The fraction of sp³-hybridized carbons (Fsp3) is 0.0714. The van der Waals surface area contributed by atoms with E-state index < -0.39 is 0 Å². The SMILES string of the molecule is COC(=O)c1ccccc1Sc1ccc(O)cc1. The Kier molecular flexibility index (Phi) is 3.89. The molecule has 1 N–H and O–H groups in total. The zero-order chi connectivity index (χ0) is 13.0. The lowest BCUT2D eigenvalue weighted by Gasteiger charge is -2.07. The van der Waals surface area contributed by atoms with Crippen molar-refractivity contribution in [3.8, 4) is 5.75 Å². The van der Waals surface area contributed by atoms with Crippen molar-refractivity contribution in [1.29, 1.82) is 0 Å². The van der Waals surface area contributed by atoms with Crippen molar-refractivity contribution >= 4 is 17.7 Å². The summed E-state index contributed by atoms with van der Waals surface area (Å²) in [6, 6.07) is 14.1. The van der Waals surface area contributed by atoms with Crippen LogP contribution in [0.3, 0.4) is 0 Å². The Bertz CT molecular complexity index is 549. The fourth-order valence-corrected chi connectivity index (χ4v) is 2.41. The number of hydrogen-bond donors (Lipinski definition) is 1. The van der Waals surface area contributed by atoms with E-state index in [4.69, 9.17) is 4.74 Å². The van der Waals surface area contributed by atoms with Crippen molar-refractivity contribution in [2.75, 3.05) is 7.11 Å². The molecule has 0 spiro atoms. The van der Waals surface area contributed by atoms with Crippen LogP contribution in [0.4, 0.5) is 0 Å². The molecule has 0 aromatic heterocycles. The summed E-state index contributed by atoms with van der Waals surface area (Å²) < 4.78 is 4.74. The summed E-state index contributed by atoms with van der Waals surface area (Å²) in [6.07, 6.45) is 0. The lowest BCUT2D eigenvalue weighted by molar-refractivity contribution is 0.0597. The van der Waals surface area contributed by atoms with Crippen molar-refractivity contribution in [3.05, 3.63) is 54.1 Å². The van der Waals surface area contributed by atoms with Gasteiger partial charge in [0, 0.05) is 9.79 Å². The second-order valence-electron chi connectivity index (χ2n) is 3.58.